The maximum atomic E-state index is 13.4. The summed E-state index contributed by atoms with van der Waals surface area (Å²) in [6, 6.07) is 16.5. The van der Waals surface area contributed by atoms with Gasteiger partial charge in [-0.15, -0.1) is 5.10 Å². The van der Waals surface area contributed by atoms with Crippen LogP contribution in [0.2, 0.25) is 0 Å². The summed E-state index contributed by atoms with van der Waals surface area (Å²) in [7, 11) is 0. The van der Waals surface area contributed by atoms with Gasteiger partial charge in [0.25, 0.3) is 0 Å². The molecule has 0 aliphatic carbocycles. The van der Waals surface area contributed by atoms with Gasteiger partial charge in [-0.3, -0.25) is 0 Å². The first-order chi connectivity index (χ1) is 22.2. The number of alkyl halides is 3. The molecular weight excluding hydrogens is 632 g/mol. The van der Waals surface area contributed by atoms with Crippen molar-refractivity contribution in [3.05, 3.63) is 60.3 Å². The highest BCUT2D eigenvalue weighted by atomic mass is 32.2. The van der Waals surface area contributed by atoms with Gasteiger partial charge in [-0.25, -0.2) is 14.6 Å². The maximum absolute atomic E-state index is 13.4. The zero-order chi connectivity index (χ0) is 32.1. The molecule has 0 saturated carbocycles. The molecule has 13 heteroatoms. The summed E-state index contributed by atoms with van der Waals surface area (Å²) in [4.78, 5) is 12.4. The summed E-state index contributed by atoms with van der Waals surface area (Å²) in [5.41, 5.74) is 0.976. The number of aromatic nitrogens is 4. The molecule has 2 N–H and O–H groups in total. The van der Waals surface area contributed by atoms with Gasteiger partial charge < -0.3 is 19.7 Å². The molecule has 8 nitrogen and oxygen atoms in total. The van der Waals surface area contributed by atoms with Crippen LogP contribution in [0, 0.1) is 5.41 Å². The van der Waals surface area contributed by atoms with Crippen LogP contribution >= 0.6 is 23.3 Å². The molecule has 0 amide bonds. The number of halogens is 3. The van der Waals surface area contributed by atoms with E-state index >= 15 is 0 Å². The Morgan fingerprint density at radius 3 is 2.65 bits per heavy atom. The van der Waals surface area contributed by atoms with E-state index in [0.717, 1.165) is 92.7 Å². The third-order valence-corrected chi connectivity index (χ3v) is 10.3. The van der Waals surface area contributed by atoms with Gasteiger partial charge in [0.15, 0.2) is 5.13 Å². The monoisotopic (exact) mass is 671 g/mol. The topological polar surface area (TPSA) is 80.1 Å². The van der Waals surface area contributed by atoms with E-state index in [0.29, 0.717) is 11.2 Å². The molecule has 2 aliphatic heterocycles. The molecule has 1 unspecified atom stereocenters. The van der Waals surface area contributed by atoms with Crippen LogP contribution in [0.15, 0.2) is 59.8 Å². The van der Waals surface area contributed by atoms with Crippen LogP contribution < -0.4 is 19.7 Å². The zero-order valence-electron chi connectivity index (χ0n) is 26.1. The number of ether oxygens (including phenoxy) is 1. The Balaban J connectivity index is 1.29. The van der Waals surface area contributed by atoms with E-state index in [1.807, 2.05) is 12.1 Å². The summed E-state index contributed by atoms with van der Waals surface area (Å²) < 4.78 is 50.8. The summed E-state index contributed by atoms with van der Waals surface area (Å²) in [5, 5.41) is 10.4. The van der Waals surface area contributed by atoms with Gasteiger partial charge in [0.2, 0.25) is 5.88 Å². The van der Waals surface area contributed by atoms with E-state index in [9.17, 15) is 13.2 Å². The minimum Gasteiger partial charge on any atom is -0.476 e. The first-order valence-corrected chi connectivity index (χ1v) is 17.5. The van der Waals surface area contributed by atoms with Crippen molar-refractivity contribution in [3.8, 4) is 22.1 Å². The number of nitrogens with zero attached hydrogens (tertiary/aromatic N) is 5. The lowest BCUT2D eigenvalue weighted by molar-refractivity contribution is -0.219. The molecule has 0 spiro atoms. The largest absolute Gasteiger partial charge is 0.476 e. The molecular formula is C33H40F3N7OS2. The average Bonchev–Trinajstić information content (AvgIpc) is 3.81. The lowest BCUT2D eigenvalue weighted by Crippen LogP contribution is -2.38. The van der Waals surface area contributed by atoms with Crippen LogP contribution in [-0.2, 0) is 6.42 Å². The van der Waals surface area contributed by atoms with Crippen molar-refractivity contribution in [1.82, 2.24) is 25.1 Å². The first kappa shape index (κ1) is 32.6. The van der Waals surface area contributed by atoms with Crippen LogP contribution in [-0.4, -0.2) is 58.2 Å². The van der Waals surface area contributed by atoms with Crippen molar-refractivity contribution < 1.29 is 17.9 Å². The number of hydrogen-bond acceptors (Lipinski definition) is 9. The Hall–Kier alpha value is -3.29. The molecule has 0 radical (unpaired) electrons. The third kappa shape index (κ3) is 7.80. The van der Waals surface area contributed by atoms with Crippen LogP contribution in [0.4, 0.5) is 24.1 Å². The smallest absolute Gasteiger partial charge is 0.397 e. The highest BCUT2D eigenvalue weighted by Crippen LogP contribution is 2.40. The minimum absolute atomic E-state index is 0.127. The van der Waals surface area contributed by atoms with Crippen molar-refractivity contribution in [2.45, 2.75) is 76.0 Å². The molecule has 2 aliphatic rings. The highest BCUT2D eigenvalue weighted by molar-refractivity contribution is 8.00. The van der Waals surface area contributed by atoms with Crippen molar-refractivity contribution in [3.63, 3.8) is 0 Å². The van der Waals surface area contributed by atoms with Crippen molar-refractivity contribution in [1.29, 1.82) is 0 Å². The van der Waals surface area contributed by atoms with Crippen LogP contribution in [0.25, 0.3) is 16.3 Å². The molecule has 6 rings (SSSR count). The van der Waals surface area contributed by atoms with Crippen LogP contribution in [0.1, 0.15) is 57.9 Å². The fraction of sp³-hybridized carbons (Fsp3) is 0.485. The fourth-order valence-corrected chi connectivity index (χ4v) is 7.25. The lowest BCUT2D eigenvalue weighted by Gasteiger charge is -2.27. The summed E-state index contributed by atoms with van der Waals surface area (Å²) in [5.74, 6) is 1.11. The van der Waals surface area contributed by atoms with Gasteiger partial charge in [0.05, 0.1) is 5.41 Å². The van der Waals surface area contributed by atoms with Gasteiger partial charge in [0.1, 0.15) is 28.1 Å². The molecule has 4 aromatic rings. The Kier molecular flexibility index (Phi) is 10.1. The number of nitrogens with one attached hydrogen (secondary N) is 2. The second kappa shape index (κ2) is 14.2. The van der Waals surface area contributed by atoms with Gasteiger partial charge in [-0.1, -0.05) is 54.5 Å². The summed E-state index contributed by atoms with van der Waals surface area (Å²) in [6.07, 6.45) is 5.07. The summed E-state index contributed by atoms with van der Waals surface area (Å²) >= 11 is 2.83. The minimum atomic E-state index is -4.39. The first-order valence-electron chi connectivity index (χ1n) is 15.9. The van der Waals surface area contributed by atoms with E-state index in [2.05, 4.69) is 50.4 Å². The Morgan fingerprint density at radius 1 is 0.978 bits per heavy atom. The van der Waals surface area contributed by atoms with Gasteiger partial charge in [-0.05, 0) is 70.2 Å². The molecule has 5 heterocycles. The van der Waals surface area contributed by atoms with E-state index in [-0.39, 0.29) is 5.88 Å². The van der Waals surface area contributed by atoms with E-state index < -0.39 is 18.2 Å². The Bertz CT molecular complexity index is 1600. The molecule has 1 atom stereocenters. The second-order valence-electron chi connectivity index (χ2n) is 12.5. The normalized spacial score (nSPS) is 18.1. The molecule has 246 valence electrons. The molecule has 1 aromatic carbocycles. The molecule has 1 saturated heterocycles. The number of thiazole rings is 1. The quantitative estimate of drug-likeness (QED) is 0.199. The second-order valence-corrected chi connectivity index (χ2v) is 14.3. The Morgan fingerprint density at radius 2 is 1.83 bits per heavy atom. The van der Waals surface area contributed by atoms with Crippen molar-refractivity contribution in [2.75, 3.05) is 35.9 Å². The zero-order valence-corrected chi connectivity index (χ0v) is 27.8. The van der Waals surface area contributed by atoms with Crippen LogP contribution in [0.5, 0.6) is 5.88 Å². The number of hydrogen-bond donors (Lipinski definition) is 2. The number of anilines is 2. The predicted molar refractivity (Wildman–Crippen MR) is 179 cm³/mol. The number of aryl methyl sites for hydroxylation is 1. The van der Waals surface area contributed by atoms with E-state index in [4.69, 9.17) is 14.7 Å². The number of fused-ring (bicyclic) bond motifs is 6. The number of pyridine rings is 1. The number of benzene rings is 1. The maximum Gasteiger partial charge on any atom is 0.397 e. The standard InChI is InChI=1S/C33H40F3N7OS2/c1-32(2,33(34,35)36)22-44-27-17-20-43(40-27)30-29-25-14-7-6-12-23(25)11-5-3-4-8-19-42(21-24-13-10-18-37-24)26-15-9-16-28(38-26)46-41-31(39-29)45-30/h6-7,9,12,14-17,20,24,37H,3-5,8,10-11,13,18-19,21-22H2,1-2H3,(H,39,41). The molecule has 1 fully saturated rings. The highest BCUT2D eigenvalue weighted by Gasteiger charge is 2.48. The van der Waals surface area contributed by atoms with Gasteiger partial charge >= 0.3 is 6.18 Å². The third-order valence-electron chi connectivity index (χ3n) is 8.51. The summed E-state index contributed by atoms with van der Waals surface area (Å²) in [6.45, 7) is 4.71. The molecule has 46 heavy (non-hydrogen) atoms. The lowest BCUT2D eigenvalue weighted by atomic mass is 9.94. The van der Waals surface area contributed by atoms with Gasteiger partial charge in [0, 0.05) is 48.9 Å². The molecule has 4 bridgehead atoms. The van der Waals surface area contributed by atoms with Crippen molar-refractivity contribution in [2.24, 2.45) is 5.41 Å². The van der Waals surface area contributed by atoms with Crippen LogP contribution in [0.3, 0.4) is 0 Å². The number of rotatable bonds is 6. The predicted octanol–water partition coefficient (Wildman–Crippen LogP) is 8.15. The van der Waals surface area contributed by atoms with Gasteiger partial charge in [-0.2, -0.15) is 13.2 Å². The van der Waals surface area contributed by atoms with E-state index in [1.54, 1.807) is 16.9 Å². The Labute approximate surface area is 276 Å². The fourth-order valence-electron chi connectivity index (χ4n) is 5.67. The SMILES string of the molecule is CC(C)(COc1ccn(-c2sc3nc2-c2ccccc2CCCCCCN(CC2CCCN2)c2cccc(n2)SN3)n1)C(F)(F)F. The van der Waals surface area contributed by atoms with E-state index in [1.165, 1.54) is 41.7 Å². The van der Waals surface area contributed by atoms with Crippen molar-refractivity contribution >= 4 is 34.2 Å². The average molecular weight is 672 g/mol. The molecule has 3 aromatic heterocycles.